The maximum atomic E-state index is 14.1. The Morgan fingerprint density at radius 2 is 2.03 bits per heavy atom. The number of rotatable bonds is 5. The van der Waals surface area contributed by atoms with Gasteiger partial charge in [0.25, 0.3) is 0 Å². The summed E-state index contributed by atoms with van der Waals surface area (Å²) >= 11 is 1.10. The van der Waals surface area contributed by atoms with E-state index < -0.39 is 35.1 Å². The number of halogens is 1. The van der Waals surface area contributed by atoms with E-state index in [1.807, 2.05) is 20.8 Å². The SMILES string of the molecule is CC(C)(C)NC(=O)C(c1cccnc1)N(C(=O)C1CSC(=O)C1)c1cccc(F)c1. The van der Waals surface area contributed by atoms with Crippen LogP contribution < -0.4 is 10.2 Å². The Bertz CT molecular complexity index is 946. The van der Waals surface area contributed by atoms with Crippen LogP contribution in [0.2, 0.25) is 0 Å². The average Bonchev–Trinajstić information content (AvgIpc) is 3.11. The van der Waals surface area contributed by atoms with Crippen molar-refractivity contribution in [3.05, 3.63) is 60.2 Å². The van der Waals surface area contributed by atoms with Crippen molar-refractivity contribution in [1.82, 2.24) is 10.3 Å². The Balaban J connectivity index is 2.11. The molecule has 2 unspecified atom stereocenters. The molecule has 1 N–H and O–H groups in total. The molecule has 1 aliphatic heterocycles. The van der Waals surface area contributed by atoms with Crippen molar-refractivity contribution in [2.45, 2.75) is 38.8 Å². The van der Waals surface area contributed by atoms with Gasteiger partial charge in [0, 0.05) is 41.4 Å². The van der Waals surface area contributed by atoms with Gasteiger partial charge in [-0.25, -0.2) is 4.39 Å². The lowest BCUT2D eigenvalue weighted by molar-refractivity contribution is -0.129. The second kappa shape index (κ2) is 8.95. The van der Waals surface area contributed by atoms with Crippen LogP contribution in [0.15, 0.2) is 48.8 Å². The van der Waals surface area contributed by atoms with Crippen molar-refractivity contribution in [2.75, 3.05) is 10.7 Å². The molecular formula is C22H24FN3O3S. The molecular weight excluding hydrogens is 405 g/mol. The van der Waals surface area contributed by atoms with Crippen molar-refractivity contribution >= 4 is 34.4 Å². The van der Waals surface area contributed by atoms with E-state index in [1.165, 1.54) is 29.3 Å². The number of benzene rings is 1. The van der Waals surface area contributed by atoms with Gasteiger partial charge in [0.15, 0.2) is 5.12 Å². The van der Waals surface area contributed by atoms with E-state index in [0.29, 0.717) is 11.3 Å². The lowest BCUT2D eigenvalue weighted by Gasteiger charge is -2.34. The molecule has 1 fully saturated rings. The summed E-state index contributed by atoms with van der Waals surface area (Å²) in [6, 6.07) is 7.88. The molecule has 8 heteroatoms. The molecule has 0 radical (unpaired) electrons. The van der Waals surface area contributed by atoms with Crippen LogP contribution in [0, 0.1) is 11.7 Å². The van der Waals surface area contributed by atoms with Crippen LogP contribution in [0.4, 0.5) is 10.1 Å². The van der Waals surface area contributed by atoms with E-state index in [4.69, 9.17) is 0 Å². The fourth-order valence-electron chi connectivity index (χ4n) is 3.29. The van der Waals surface area contributed by atoms with E-state index in [0.717, 1.165) is 11.8 Å². The number of hydrogen-bond donors (Lipinski definition) is 1. The Labute approximate surface area is 179 Å². The number of hydrogen-bond acceptors (Lipinski definition) is 5. The molecule has 0 bridgehead atoms. The minimum atomic E-state index is -1.06. The molecule has 1 aromatic heterocycles. The van der Waals surface area contributed by atoms with Crippen LogP contribution >= 0.6 is 11.8 Å². The zero-order chi connectivity index (χ0) is 21.9. The number of carbonyl (C=O) groups excluding carboxylic acids is 3. The molecule has 1 aromatic carbocycles. The van der Waals surface area contributed by atoms with E-state index in [2.05, 4.69) is 10.3 Å². The molecule has 6 nitrogen and oxygen atoms in total. The minimum absolute atomic E-state index is 0.0652. The Morgan fingerprint density at radius 1 is 1.27 bits per heavy atom. The van der Waals surface area contributed by atoms with Crippen LogP contribution in [-0.2, 0) is 14.4 Å². The van der Waals surface area contributed by atoms with Crippen molar-refractivity contribution in [1.29, 1.82) is 0 Å². The van der Waals surface area contributed by atoms with Gasteiger partial charge < -0.3 is 5.32 Å². The molecule has 30 heavy (non-hydrogen) atoms. The van der Waals surface area contributed by atoms with Gasteiger partial charge in [0.05, 0.1) is 5.92 Å². The van der Waals surface area contributed by atoms with Crippen LogP contribution in [0.25, 0.3) is 0 Å². The highest BCUT2D eigenvalue weighted by Gasteiger charge is 2.40. The summed E-state index contributed by atoms with van der Waals surface area (Å²) in [6.45, 7) is 5.52. The number of thioether (sulfide) groups is 1. The number of carbonyl (C=O) groups is 3. The highest BCUT2D eigenvalue weighted by molar-refractivity contribution is 8.14. The zero-order valence-corrected chi connectivity index (χ0v) is 17.9. The summed E-state index contributed by atoms with van der Waals surface area (Å²) in [7, 11) is 0. The van der Waals surface area contributed by atoms with Crippen LogP contribution in [-0.4, -0.2) is 33.2 Å². The summed E-state index contributed by atoms with van der Waals surface area (Å²) in [5, 5.41) is 2.85. The number of pyridine rings is 1. The van der Waals surface area contributed by atoms with Crippen molar-refractivity contribution in [3.63, 3.8) is 0 Å². The highest BCUT2D eigenvalue weighted by Crippen LogP contribution is 2.34. The maximum absolute atomic E-state index is 14.1. The normalized spacial score (nSPS) is 17.5. The number of amides is 2. The van der Waals surface area contributed by atoms with Gasteiger partial charge >= 0.3 is 0 Å². The fraction of sp³-hybridized carbons (Fsp3) is 0.364. The average molecular weight is 430 g/mol. The first-order chi connectivity index (χ1) is 14.2. The molecule has 2 aromatic rings. The minimum Gasteiger partial charge on any atom is -0.349 e. The highest BCUT2D eigenvalue weighted by atomic mass is 32.2. The third kappa shape index (κ3) is 5.24. The number of anilines is 1. The summed E-state index contributed by atoms with van der Waals surface area (Å²) in [6.07, 6.45) is 3.18. The Kier molecular flexibility index (Phi) is 6.55. The first-order valence-electron chi connectivity index (χ1n) is 9.62. The van der Waals surface area contributed by atoms with Gasteiger partial charge in [-0.3, -0.25) is 24.3 Å². The fourth-order valence-corrected chi connectivity index (χ4v) is 4.26. The summed E-state index contributed by atoms with van der Waals surface area (Å²) in [5.41, 5.74) is 0.198. The monoisotopic (exact) mass is 429 g/mol. The van der Waals surface area contributed by atoms with Gasteiger partial charge in [-0.2, -0.15) is 0 Å². The van der Waals surface area contributed by atoms with E-state index in [-0.39, 0.29) is 17.2 Å². The summed E-state index contributed by atoms with van der Waals surface area (Å²) in [4.78, 5) is 44.0. The first-order valence-corrected chi connectivity index (χ1v) is 10.6. The van der Waals surface area contributed by atoms with Gasteiger partial charge in [-0.1, -0.05) is 23.9 Å². The predicted molar refractivity (Wildman–Crippen MR) is 114 cm³/mol. The molecule has 2 heterocycles. The molecule has 2 amide bonds. The lowest BCUT2D eigenvalue weighted by Crippen LogP contribution is -2.50. The van der Waals surface area contributed by atoms with E-state index >= 15 is 0 Å². The Hall–Kier alpha value is -2.74. The quantitative estimate of drug-likeness (QED) is 0.787. The molecule has 1 saturated heterocycles. The third-order valence-electron chi connectivity index (χ3n) is 4.54. The predicted octanol–water partition coefficient (Wildman–Crippen LogP) is 3.49. The van der Waals surface area contributed by atoms with Crippen LogP contribution in [0.3, 0.4) is 0 Å². The Morgan fingerprint density at radius 3 is 2.60 bits per heavy atom. The van der Waals surface area contributed by atoms with Crippen molar-refractivity contribution < 1.29 is 18.8 Å². The van der Waals surface area contributed by atoms with Crippen molar-refractivity contribution in [2.24, 2.45) is 5.92 Å². The van der Waals surface area contributed by atoms with Gasteiger partial charge in [0.2, 0.25) is 11.8 Å². The van der Waals surface area contributed by atoms with E-state index in [9.17, 15) is 18.8 Å². The molecule has 0 spiro atoms. The number of nitrogens with one attached hydrogen (secondary N) is 1. The van der Waals surface area contributed by atoms with E-state index in [1.54, 1.807) is 24.4 Å². The van der Waals surface area contributed by atoms with Crippen LogP contribution in [0.5, 0.6) is 0 Å². The maximum Gasteiger partial charge on any atom is 0.248 e. The van der Waals surface area contributed by atoms with Gasteiger partial charge in [-0.05, 0) is 45.0 Å². The number of nitrogens with zero attached hydrogens (tertiary/aromatic N) is 2. The lowest BCUT2D eigenvalue weighted by atomic mass is 9.99. The first kappa shape index (κ1) is 22.0. The molecule has 0 saturated carbocycles. The van der Waals surface area contributed by atoms with Crippen LogP contribution in [0.1, 0.15) is 38.8 Å². The number of aromatic nitrogens is 1. The zero-order valence-electron chi connectivity index (χ0n) is 17.1. The van der Waals surface area contributed by atoms with Gasteiger partial charge in [0.1, 0.15) is 11.9 Å². The summed E-state index contributed by atoms with van der Waals surface area (Å²) < 4.78 is 14.1. The smallest absolute Gasteiger partial charge is 0.248 e. The second-order valence-corrected chi connectivity index (χ2v) is 9.28. The van der Waals surface area contributed by atoms with Crippen molar-refractivity contribution in [3.8, 4) is 0 Å². The summed E-state index contributed by atoms with van der Waals surface area (Å²) in [5.74, 6) is -1.57. The molecule has 158 valence electrons. The van der Waals surface area contributed by atoms with Gasteiger partial charge in [-0.15, -0.1) is 0 Å². The topological polar surface area (TPSA) is 79.4 Å². The standard InChI is InChI=1S/C22H24FN3O3S/c1-22(2,3)25-20(28)19(14-6-5-9-24-12-14)26(17-8-4-7-16(23)11-17)21(29)15-10-18(27)30-13-15/h4-9,11-12,15,19H,10,13H2,1-3H3,(H,25,28). The second-order valence-electron chi connectivity index (χ2n) is 8.20. The molecule has 1 aliphatic rings. The third-order valence-corrected chi connectivity index (χ3v) is 5.59. The largest absolute Gasteiger partial charge is 0.349 e. The molecule has 2 atom stereocenters. The molecule has 3 rings (SSSR count). The molecule has 0 aliphatic carbocycles.